The minimum absolute atomic E-state index is 0.615. The Morgan fingerprint density at radius 3 is 2.88 bits per heavy atom. The molecular formula is C11H19N5. The third kappa shape index (κ3) is 2.41. The summed E-state index contributed by atoms with van der Waals surface area (Å²) in [4.78, 5) is 10.8. The maximum absolute atomic E-state index is 5.33. The van der Waals surface area contributed by atoms with Crippen molar-refractivity contribution in [1.29, 1.82) is 0 Å². The zero-order valence-electron chi connectivity index (χ0n) is 9.69. The van der Waals surface area contributed by atoms with E-state index < -0.39 is 0 Å². The lowest BCUT2D eigenvalue weighted by molar-refractivity contribution is 0.318. The Kier molecular flexibility index (Phi) is 3.56. The Morgan fingerprint density at radius 2 is 2.31 bits per heavy atom. The summed E-state index contributed by atoms with van der Waals surface area (Å²) in [7, 11) is 0. The first-order valence-electron chi connectivity index (χ1n) is 5.87. The molecule has 0 bridgehead atoms. The average molecular weight is 221 g/mol. The van der Waals surface area contributed by atoms with Crippen LogP contribution in [0.3, 0.4) is 0 Å². The van der Waals surface area contributed by atoms with Crippen LogP contribution >= 0.6 is 0 Å². The third-order valence-electron chi connectivity index (χ3n) is 3.18. The summed E-state index contributed by atoms with van der Waals surface area (Å²) in [5.41, 5.74) is 2.53. The van der Waals surface area contributed by atoms with Crippen LogP contribution in [0.25, 0.3) is 0 Å². The molecule has 0 atom stereocenters. The van der Waals surface area contributed by atoms with E-state index in [2.05, 4.69) is 27.2 Å². The number of nitrogens with zero attached hydrogens (tertiary/aromatic N) is 3. The summed E-state index contributed by atoms with van der Waals surface area (Å²) in [5, 5.41) is 0. The SMILES string of the molecule is CCN(CC1CCC1)c1cncc(NN)n1. The smallest absolute Gasteiger partial charge is 0.160 e. The van der Waals surface area contributed by atoms with Gasteiger partial charge in [-0.3, -0.25) is 4.98 Å². The Balaban J connectivity index is 2.05. The van der Waals surface area contributed by atoms with E-state index in [-0.39, 0.29) is 0 Å². The summed E-state index contributed by atoms with van der Waals surface area (Å²) in [6, 6.07) is 0. The molecule has 5 nitrogen and oxygen atoms in total. The van der Waals surface area contributed by atoms with E-state index >= 15 is 0 Å². The molecule has 0 amide bonds. The Labute approximate surface area is 96.0 Å². The van der Waals surface area contributed by atoms with Gasteiger partial charge in [-0.25, -0.2) is 10.8 Å². The molecular weight excluding hydrogens is 202 g/mol. The molecule has 88 valence electrons. The molecule has 0 radical (unpaired) electrons. The monoisotopic (exact) mass is 221 g/mol. The molecule has 1 aromatic rings. The first-order valence-corrected chi connectivity index (χ1v) is 5.87. The zero-order chi connectivity index (χ0) is 11.4. The van der Waals surface area contributed by atoms with E-state index in [4.69, 9.17) is 5.84 Å². The molecule has 0 unspecified atom stereocenters. The highest BCUT2D eigenvalue weighted by Crippen LogP contribution is 2.28. The van der Waals surface area contributed by atoms with Crippen molar-refractivity contribution in [3.63, 3.8) is 0 Å². The van der Waals surface area contributed by atoms with Gasteiger partial charge in [0.1, 0.15) is 5.82 Å². The Hall–Kier alpha value is -1.36. The summed E-state index contributed by atoms with van der Waals surface area (Å²) < 4.78 is 0. The van der Waals surface area contributed by atoms with Crippen molar-refractivity contribution in [3.05, 3.63) is 12.4 Å². The van der Waals surface area contributed by atoms with Crippen molar-refractivity contribution in [2.24, 2.45) is 11.8 Å². The fourth-order valence-electron chi connectivity index (χ4n) is 1.95. The summed E-state index contributed by atoms with van der Waals surface area (Å²) in [5.74, 6) is 7.68. The van der Waals surface area contributed by atoms with Crippen LogP contribution in [-0.4, -0.2) is 23.1 Å². The van der Waals surface area contributed by atoms with Crippen molar-refractivity contribution in [2.75, 3.05) is 23.4 Å². The van der Waals surface area contributed by atoms with Crippen LogP contribution in [0.1, 0.15) is 26.2 Å². The van der Waals surface area contributed by atoms with Gasteiger partial charge in [0.15, 0.2) is 5.82 Å². The quantitative estimate of drug-likeness (QED) is 0.581. The van der Waals surface area contributed by atoms with Crippen molar-refractivity contribution in [3.8, 4) is 0 Å². The average Bonchev–Trinajstić information content (AvgIpc) is 2.28. The van der Waals surface area contributed by atoms with Crippen LogP contribution in [0.4, 0.5) is 11.6 Å². The Morgan fingerprint density at radius 1 is 1.50 bits per heavy atom. The van der Waals surface area contributed by atoms with Gasteiger partial charge in [0.05, 0.1) is 12.4 Å². The van der Waals surface area contributed by atoms with Crippen molar-refractivity contribution < 1.29 is 0 Å². The van der Waals surface area contributed by atoms with Crippen LogP contribution in [-0.2, 0) is 0 Å². The summed E-state index contributed by atoms with van der Waals surface area (Å²) in [6.07, 6.45) is 7.49. The minimum atomic E-state index is 0.615. The van der Waals surface area contributed by atoms with Crippen molar-refractivity contribution >= 4 is 11.6 Å². The van der Waals surface area contributed by atoms with E-state index in [0.29, 0.717) is 5.82 Å². The highest BCUT2D eigenvalue weighted by Gasteiger charge is 2.20. The lowest BCUT2D eigenvalue weighted by Gasteiger charge is -2.32. The molecule has 1 heterocycles. The molecule has 1 aromatic heterocycles. The lowest BCUT2D eigenvalue weighted by atomic mass is 9.85. The summed E-state index contributed by atoms with van der Waals surface area (Å²) >= 11 is 0. The molecule has 1 saturated carbocycles. The topological polar surface area (TPSA) is 67.1 Å². The fraction of sp³-hybridized carbons (Fsp3) is 0.636. The minimum Gasteiger partial charge on any atom is -0.355 e. The first-order chi connectivity index (χ1) is 7.83. The lowest BCUT2D eigenvalue weighted by Crippen LogP contribution is -2.33. The number of hydrogen-bond donors (Lipinski definition) is 2. The van der Waals surface area contributed by atoms with E-state index in [0.717, 1.165) is 24.8 Å². The molecule has 3 N–H and O–H groups in total. The van der Waals surface area contributed by atoms with Gasteiger partial charge >= 0.3 is 0 Å². The first kappa shape index (κ1) is 11.1. The normalized spacial score (nSPS) is 15.6. The largest absolute Gasteiger partial charge is 0.355 e. The predicted molar refractivity (Wildman–Crippen MR) is 65.1 cm³/mol. The molecule has 1 aliphatic rings. The molecule has 0 aliphatic heterocycles. The molecule has 0 spiro atoms. The van der Waals surface area contributed by atoms with Crippen LogP contribution in [0.5, 0.6) is 0 Å². The fourth-order valence-corrected chi connectivity index (χ4v) is 1.95. The summed E-state index contributed by atoms with van der Waals surface area (Å²) in [6.45, 7) is 4.18. The number of nitrogens with one attached hydrogen (secondary N) is 1. The van der Waals surface area contributed by atoms with Crippen molar-refractivity contribution in [1.82, 2.24) is 9.97 Å². The molecule has 0 aromatic carbocycles. The second-order valence-electron chi connectivity index (χ2n) is 4.24. The number of nitrogen functional groups attached to an aromatic ring is 1. The highest BCUT2D eigenvalue weighted by molar-refractivity contribution is 5.43. The predicted octanol–water partition coefficient (Wildman–Crippen LogP) is 1.39. The second kappa shape index (κ2) is 5.12. The van der Waals surface area contributed by atoms with Gasteiger partial charge in [0, 0.05) is 13.1 Å². The van der Waals surface area contributed by atoms with Gasteiger partial charge in [-0.1, -0.05) is 6.42 Å². The molecule has 16 heavy (non-hydrogen) atoms. The maximum atomic E-state index is 5.33. The number of hydrazine groups is 1. The molecule has 1 aliphatic carbocycles. The number of hydrogen-bond acceptors (Lipinski definition) is 5. The van der Waals surface area contributed by atoms with Crippen LogP contribution in [0, 0.1) is 5.92 Å². The van der Waals surface area contributed by atoms with Crippen LogP contribution in [0.2, 0.25) is 0 Å². The number of nitrogens with two attached hydrogens (primary N) is 1. The van der Waals surface area contributed by atoms with E-state index in [1.807, 2.05) is 0 Å². The van der Waals surface area contributed by atoms with E-state index in [1.165, 1.54) is 19.3 Å². The van der Waals surface area contributed by atoms with Crippen molar-refractivity contribution in [2.45, 2.75) is 26.2 Å². The second-order valence-corrected chi connectivity index (χ2v) is 4.24. The number of aromatic nitrogens is 2. The van der Waals surface area contributed by atoms with Crippen LogP contribution in [0.15, 0.2) is 12.4 Å². The standard InChI is InChI=1S/C11H19N5/c1-2-16(8-9-4-3-5-9)11-7-13-6-10(14-11)15-12/h6-7,9H,2-5,8,12H2,1H3,(H,14,15). The molecule has 5 heteroatoms. The van der Waals surface area contributed by atoms with Gasteiger partial charge in [-0.2, -0.15) is 0 Å². The molecule has 0 saturated heterocycles. The molecule has 2 rings (SSSR count). The van der Waals surface area contributed by atoms with Gasteiger partial charge in [0.2, 0.25) is 0 Å². The zero-order valence-corrected chi connectivity index (χ0v) is 9.69. The number of rotatable bonds is 5. The van der Waals surface area contributed by atoms with E-state index in [1.54, 1.807) is 12.4 Å². The maximum Gasteiger partial charge on any atom is 0.160 e. The Bertz CT molecular complexity index is 337. The highest BCUT2D eigenvalue weighted by atomic mass is 15.3. The molecule has 1 fully saturated rings. The van der Waals surface area contributed by atoms with Gasteiger partial charge < -0.3 is 10.3 Å². The van der Waals surface area contributed by atoms with Crippen LogP contribution < -0.4 is 16.2 Å². The van der Waals surface area contributed by atoms with Gasteiger partial charge in [-0.05, 0) is 25.7 Å². The third-order valence-corrected chi connectivity index (χ3v) is 3.18. The van der Waals surface area contributed by atoms with Gasteiger partial charge in [-0.15, -0.1) is 0 Å². The number of anilines is 2. The van der Waals surface area contributed by atoms with E-state index in [9.17, 15) is 0 Å². The van der Waals surface area contributed by atoms with Gasteiger partial charge in [0.25, 0.3) is 0 Å².